The molecule has 6 nitrogen and oxygen atoms in total. The predicted molar refractivity (Wildman–Crippen MR) is 121 cm³/mol. The maximum Gasteiger partial charge on any atom is 0.251 e. The highest BCUT2D eigenvalue weighted by molar-refractivity contribution is 5.94. The zero-order valence-corrected chi connectivity index (χ0v) is 18.7. The third kappa shape index (κ3) is 7.09. The molecule has 0 aliphatic heterocycles. The van der Waals surface area contributed by atoms with Gasteiger partial charge in [-0.3, -0.25) is 9.59 Å². The normalized spacial score (nSPS) is 14.3. The van der Waals surface area contributed by atoms with Gasteiger partial charge in [0.2, 0.25) is 11.8 Å². The molecule has 6 heteroatoms. The summed E-state index contributed by atoms with van der Waals surface area (Å²) in [6.07, 6.45) is 6.76. The number of nitrogens with one attached hydrogen (secondary N) is 2. The molecular weight excluding hydrogens is 390 g/mol. The molecule has 1 heterocycles. The maximum absolute atomic E-state index is 12.3. The molecule has 0 spiro atoms. The van der Waals surface area contributed by atoms with Crippen LogP contribution in [0.15, 0.2) is 42.6 Å². The number of rotatable bonds is 8. The van der Waals surface area contributed by atoms with E-state index in [0.717, 1.165) is 18.4 Å². The number of hydrogen-bond donors (Lipinski definition) is 2. The molecule has 1 saturated carbocycles. The maximum atomic E-state index is 12.3. The molecule has 1 aromatic heterocycles. The Bertz CT molecular complexity index is 882. The number of aromatic nitrogens is 1. The first-order valence-corrected chi connectivity index (χ1v) is 11.1. The summed E-state index contributed by atoms with van der Waals surface area (Å²) < 4.78 is 5.91. The average Bonchev–Trinajstić information content (AvgIpc) is 3.25. The number of amides is 2. The highest BCUT2D eigenvalue weighted by atomic mass is 16.5. The lowest BCUT2D eigenvalue weighted by atomic mass is 9.87. The van der Waals surface area contributed by atoms with E-state index >= 15 is 0 Å². The molecule has 1 fully saturated rings. The number of nitrogens with zero attached hydrogens (tertiary/aromatic N) is 1. The van der Waals surface area contributed by atoms with E-state index in [1.807, 2.05) is 36.4 Å². The van der Waals surface area contributed by atoms with Crippen LogP contribution < -0.4 is 15.4 Å². The minimum atomic E-state index is -0.170. The molecule has 2 aromatic rings. The Morgan fingerprint density at radius 2 is 1.77 bits per heavy atom. The molecule has 1 aliphatic rings. The zero-order chi connectivity index (χ0) is 22.3. The Labute approximate surface area is 184 Å². The number of carbonyl (C=O) groups excluding carboxylic acids is 2. The molecule has 166 valence electrons. The SMILES string of the molecule is CC(C)(C)c1ccc(C(=O)NCCC(=O)NCc2ccnc(OC3CCCC3)c2)cc1. The molecule has 0 unspecified atom stereocenters. The summed E-state index contributed by atoms with van der Waals surface area (Å²) in [6, 6.07) is 11.3. The van der Waals surface area contributed by atoms with Crippen molar-refractivity contribution in [2.75, 3.05) is 6.54 Å². The molecule has 0 radical (unpaired) electrons. The molecule has 2 amide bonds. The lowest BCUT2D eigenvalue weighted by molar-refractivity contribution is -0.121. The first kappa shape index (κ1) is 22.8. The van der Waals surface area contributed by atoms with Crippen LogP contribution in [0, 0.1) is 0 Å². The number of hydrogen-bond acceptors (Lipinski definition) is 4. The Morgan fingerprint density at radius 1 is 1.06 bits per heavy atom. The van der Waals surface area contributed by atoms with Crippen molar-refractivity contribution < 1.29 is 14.3 Å². The van der Waals surface area contributed by atoms with E-state index in [0.29, 0.717) is 18.0 Å². The van der Waals surface area contributed by atoms with Crippen molar-refractivity contribution in [2.45, 2.75) is 70.9 Å². The van der Waals surface area contributed by atoms with Gasteiger partial charge in [0.05, 0.1) is 0 Å². The van der Waals surface area contributed by atoms with Crippen molar-refractivity contribution in [1.82, 2.24) is 15.6 Å². The summed E-state index contributed by atoms with van der Waals surface area (Å²) in [5.41, 5.74) is 2.77. The molecule has 1 aliphatic carbocycles. The molecule has 3 rings (SSSR count). The van der Waals surface area contributed by atoms with Crippen LogP contribution in [0.4, 0.5) is 0 Å². The summed E-state index contributed by atoms with van der Waals surface area (Å²) >= 11 is 0. The van der Waals surface area contributed by atoms with Gasteiger partial charge in [-0.1, -0.05) is 32.9 Å². The minimum absolute atomic E-state index is 0.0469. The van der Waals surface area contributed by atoms with E-state index in [9.17, 15) is 9.59 Å². The van der Waals surface area contributed by atoms with Crippen LogP contribution in [0.1, 0.15) is 74.4 Å². The van der Waals surface area contributed by atoms with E-state index in [4.69, 9.17) is 4.74 Å². The van der Waals surface area contributed by atoms with Crippen molar-refractivity contribution in [3.63, 3.8) is 0 Å². The second-order valence-corrected chi connectivity index (χ2v) is 9.14. The Kier molecular flexibility index (Phi) is 7.66. The third-order valence-electron chi connectivity index (χ3n) is 5.53. The topological polar surface area (TPSA) is 80.3 Å². The van der Waals surface area contributed by atoms with Gasteiger partial charge in [-0.2, -0.15) is 0 Å². The monoisotopic (exact) mass is 423 g/mol. The highest BCUT2D eigenvalue weighted by Gasteiger charge is 2.17. The van der Waals surface area contributed by atoms with Gasteiger partial charge in [-0.25, -0.2) is 4.98 Å². The fourth-order valence-corrected chi connectivity index (χ4v) is 3.60. The summed E-state index contributed by atoms with van der Waals surface area (Å²) in [7, 11) is 0. The average molecular weight is 424 g/mol. The fourth-order valence-electron chi connectivity index (χ4n) is 3.60. The largest absolute Gasteiger partial charge is 0.474 e. The van der Waals surface area contributed by atoms with Gasteiger partial charge >= 0.3 is 0 Å². The molecule has 31 heavy (non-hydrogen) atoms. The molecule has 0 atom stereocenters. The second-order valence-electron chi connectivity index (χ2n) is 9.14. The van der Waals surface area contributed by atoms with Crippen LogP contribution in [0.5, 0.6) is 5.88 Å². The van der Waals surface area contributed by atoms with Crippen LogP contribution in [-0.2, 0) is 16.8 Å². The Hall–Kier alpha value is -2.89. The van der Waals surface area contributed by atoms with Crippen molar-refractivity contribution in [1.29, 1.82) is 0 Å². The molecule has 0 bridgehead atoms. The van der Waals surface area contributed by atoms with E-state index in [-0.39, 0.29) is 36.3 Å². The van der Waals surface area contributed by atoms with Crippen LogP contribution >= 0.6 is 0 Å². The Balaban J connectivity index is 1.39. The van der Waals surface area contributed by atoms with E-state index in [1.165, 1.54) is 18.4 Å². The van der Waals surface area contributed by atoms with Crippen LogP contribution in [0.3, 0.4) is 0 Å². The van der Waals surface area contributed by atoms with E-state index < -0.39 is 0 Å². The predicted octanol–water partition coefficient (Wildman–Crippen LogP) is 4.14. The number of pyridine rings is 1. The number of ether oxygens (including phenoxy) is 1. The summed E-state index contributed by atoms with van der Waals surface area (Å²) in [5, 5.41) is 5.69. The number of benzene rings is 1. The standard InChI is InChI=1S/C25H33N3O3/c1-25(2,3)20-10-8-19(9-11-20)24(30)27-15-13-22(29)28-17-18-12-14-26-23(16-18)31-21-6-4-5-7-21/h8-12,14,16,21H,4-7,13,15,17H2,1-3H3,(H,27,30)(H,28,29). The summed E-state index contributed by atoms with van der Waals surface area (Å²) in [5.74, 6) is 0.331. The van der Waals surface area contributed by atoms with Gasteiger partial charge in [0.1, 0.15) is 6.10 Å². The smallest absolute Gasteiger partial charge is 0.251 e. The van der Waals surface area contributed by atoms with Gasteiger partial charge in [-0.15, -0.1) is 0 Å². The van der Waals surface area contributed by atoms with Crippen molar-refractivity contribution in [3.8, 4) is 5.88 Å². The first-order chi connectivity index (χ1) is 14.8. The molecule has 1 aromatic carbocycles. The fraction of sp³-hybridized carbons (Fsp3) is 0.480. The van der Waals surface area contributed by atoms with Gasteiger partial charge in [0.15, 0.2) is 0 Å². The van der Waals surface area contributed by atoms with Crippen LogP contribution in [0.2, 0.25) is 0 Å². The molecular formula is C25H33N3O3. The first-order valence-electron chi connectivity index (χ1n) is 11.1. The number of carbonyl (C=O) groups is 2. The van der Waals surface area contributed by atoms with E-state index in [2.05, 4.69) is 36.4 Å². The molecule has 2 N–H and O–H groups in total. The quantitative estimate of drug-likeness (QED) is 0.669. The lowest BCUT2D eigenvalue weighted by Gasteiger charge is -2.19. The summed E-state index contributed by atoms with van der Waals surface area (Å²) in [4.78, 5) is 28.7. The van der Waals surface area contributed by atoms with Crippen molar-refractivity contribution in [2.24, 2.45) is 0 Å². The van der Waals surface area contributed by atoms with Crippen LogP contribution in [0.25, 0.3) is 0 Å². The van der Waals surface area contributed by atoms with Gasteiger partial charge in [-0.05, 0) is 60.4 Å². The minimum Gasteiger partial charge on any atom is -0.474 e. The van der Waals surface area contributed by atoms with Crippen molar-refractivity contribution in [3.05, 3.63) is 59.3 Å². The van der Waals surface area contributed by atoms with Gasteiger partial charge in [0, 0.05) is 37.3 Å². The lowest BCUT2D eigenvalue weighted by Crippen LogP contribution is -2.30. The highest BCUT2D eigenvalue weighted by Crippen LogP contribution is 2.23. The Morgan fingerprint density at radius 3 is 2.45 bits per heavy atom. The van der Waals surface area contributed by atoms with E-state index in [1.54, 1.807) is 6.20 Å². The van der Waals surface area contributed by atoms with Gasteiger partial charge < -0.3 is 15.4 Å². The summed E-state index contributed by atoms with van der Waals surface area (Å²) in [6.45, 7) is 7.10. The van der Waals surface area contributed by atoms with Crippen molar-refractivity contribution >= 4 is 11.8 Å². The zero-order valence-electron chi connectivity index (χ0n) is 18.7. The van der Waals surface area contributed by atoms with Crippen LogP contribution in [-0.4, -0.2) is 29.4 Å². The van der Waals surface area contributed by atoms with Gasteiger partial charge in [0.25, 0.3) is 5.91 Å². The molecule has 0 saturated heterocycles. The second kappa shape index (κ2) is 10.4. The third-order valence-corrected chi connectivity index (χ3v) is 5.53.